The van der Waals surface area contributed by atoms with Gasteiger partial charge in [-0.1, -0.05) is 38.1 Å². The Balaban J connectivity index is 2.56. The van der Waals surface area contributed by atoms with Gasteiger partial charge in [-0.3, -0.25) is 15.1 Å². The van der Waals surface area contributed by atoms with E-state index < -0.39 is 0 Å². The van der Waals surface area contributed by atoms with Gasteiger partial charge in [0.25, 0.3) is 0 Å². The molecule has 0 radical (unpaired) electrons. The summed E-state index contributed by atoms with van der Waals surface area (Å²) >= 11 is 0. The average molecular weight is 249 g/mol. The first kappa shape index (κ1) is 14.7. The monoisotopic (exact) mass is 249 g/mol. The van der Waals surface area contributed by atoms with E-state index in [1.54, 1.807) is 0 Å². The predicted octanol–water partition coefficient (Wildman–Crippen LogP) is 1.45. The first-order valence-corrected chi connectivity index (χ1v) is 6.49. The predicted molar refractivity (Wildman–Crippen MR) is 73.7 cm³/mol. The van der Waals surface area contributed by atoms with Gasteiger partial charge in [0.2, 0.25) is 5.91 Å². The van der Waals surface area contributed by atoms with Gasteiger partial charge in [0.1, 0.15) is 0 Å². The van der Waals surface area contributed by atoms with E-state index in [1.165, 1.54) is 12.0 Å². The smallest absolute Gasteiger partial charge is 0.238 e. The van der Waals surface area contributed by atoms with Gasteiger partial charge in [0.05, 0.1) is 6.42 Å². The molecule has 100 valence electrons. The number of nitrogens with two attached hydrogens (primary N) is 1. The number of carbonyl (C=O) groups excluding carboxylic acids is 1. The van der Waals surface area contributed by atoms with Crippen LogP contribution in [0.2, 0.25) is 0 Å². The van der Waals surface area contributed by atoms with Gasteiger partial charge < -0.3 is 0 Å². The van der Waals surface area contributed by atoms with Gasteiger partial charge in [0.15, 0.2) is 0 Å². The lowest BCUT2D eigenvalue weighted by atomic mass is 10.1. The first-order chi connectivity index (χ1) is 8.69. The van der Waals surface area contributed by atoms with Crippen molar-refractivity contribution in [2.45, 2.75) is 33.2 Å². The maximum Gasteiger partial charge on any atom is 0.238 e. The first-order valence-electron chi connectivity index (χ1n) is 6.49. The average Bonchev–Trinajstić information content (AvgIpc) is 2.40. The molecule has 18 heavy (non-hydrogen) atoms. The molecule has 0 aliphatic heterocycles. The van der Waals surface area contributed by atoms with Crippen molar-refractivity contribution in [3.05, 3.63) is 35.4 Å². The van der Waals surface area contributed by atoms with Crippen LogP contribution in [0.15, 0.2) is 24.3 Å². The van der Waals surface area contributed by atoms with Crippen molar-refractivity contribution in [2.75, 3.05) is 13.1 Å². The van der Waals surface area contributed by atoms with Crippen LogP contribution in [0.1, 0.15) is 31.4 Å². The van der Waals surface area contributed by atoms with Crippen molar-refractivity contribution in [1.29, 1.82) is 0 Å². The van der Waals surface area contributed by atoms with Crippen LogP contribution in [0.25, 0.3) is 0 Å². The number of hydrazine groups is 1. The number of carbonyl (C=O) groups is 1. The molecule has 0 bridgehead atoms. The van der Waals surface area contributed by atoms with E-state index in [4.69, 9.17) is 5.84 Å². The summed E-state index contributed by atoms with van der Waals surface area (Å²) in [6.45, 7) is 7.51. The Hall–Kier alpha value is -1.39. The highest BCUT2D eigenvalue weighted by Gasteiger charge is 2.04. The normalized spacial score (nSPS) is 10.7. The number of rotatable bonds is 7. The quantitative estimate of drug-likeness (QED) is 0.437. The van der Waals surface area contributed by atoms with Crippen LogP contribution in [0.3, 0.4) is 0 Å². The summed E-state index contributed by atoms with van der Waals surface area (Å²) in [4.78, 5) is 13.5. The van der Waals surface area contributed by atoms with Crippen molar-refractivity contribution in [3.8, 4) is 0 Å². The second-order valence-corrected chi connectivity index (χ2v) is 4.43. The highest BCUT2D eigenvalue weighted by molar-refractivity contribution is 5.77. The van der Waals surface area contributed by atoms with Crippen molar-refractivity contribution in [2.24, 2.45) is 5.84 Å². The molecule has 0 aliphatic rings. The molecule has 1 aromatic rings. The molecule has 0 aliphatic carbocycles. The molecule has 0 aromatic heterocycles. The molecule has 0 saturated heterocycles. The molecule has 0 unspecified atom stereocenters. The molecule has 1 aromatic carbocycles. The Morgan fingerprint density at radius 1 is 1.22 bits per heavy atom. The Bertz CT molecular complexity index is 362. The molecule has 0 atom stereocenters. The summed E-state index contributed by atoms with van der Waals surface area (Å²) in [7, 11) is 0. The largest absolute Gasteiger partial charge is 0.299 e. The van der Waals surface area contributed by atoms with E-state index in [0.29, 0.717) is 6.42 Å². The van der Waals surface area contributed by atoms with Crippen LogP contribution in [0.4, 0.5) is 0 Å². The Kier molecular flexibility index (Phi) is 6.39. The summed E-state index contributed by atoms with van der Waals surface area (Å²) < 4.78 is 0. The number of hydrogen-bond acceptors (Lipinski definition) is 3. The fraction of sp³-hybridized carbons (Fsp3) is 0.500. The van der Waals surface area contributed by atoms with Crippen LogP contribution in [0, 0.1) is 0 Å². The molecule has 4 nitrogen and oxygen atoms in total. The fourth-order valence-corrected chi connectivity index (χ4v) is 1.92. The van der Waals surface area contributed by atoms with Gasteiger partial charge in [-0.15, -0.1) is 0 Å². The zero-order valence-electron chi connectivity index (χ0n) is 11.3. The van der Waals surface area contributed by atoms with Crippen molar-refractivity contribution in [3.63, 3.8) is 0 Å². The number of benzene rings is 1. The number of amides is 1. The van der Waals surface area contributed by atoms with E-state index >= 15 is 0 Å². The van der Waals surface area contributed by atoms with Gasteiger partial charge in [-0.05, 0) is 30.6 Å². The van der Waals surface area contributed by atoms with Crippen LogP contribution in [-0.2, 0) is 17.8 Å². The topological polar surface area (TPSA) is 58.4 Å². The van der Waals surface area contributed by atoms with Crippen molar-refractivity contribution < 1.29 is 4.79 Å². The second-order valence-electron chi connectivity index (χ2n) is 4.43. The highest BCUT2D eigenvalue weighted by atomic mass is 16.2. The third-order valence-electron chi connectivity index (χ3n) is 2.94. The maximum atomic E-state index is 11.1. The SMILES string of the molecule is CCCN(CC)Cc1ccc(CC(=O)NN)cc1. The highest BCUT2D eigenvalue weighted by Crippen LogP contribution is 2.08. The summed E-state index contributed by atoms with van der Waals surface area (Å²) in [5, 5.41) is 0. The van der Waals surface area contributed by atoms with Crippen LogP contribution >= 0.6 is 0 Å². The number of nitrogens with one attached hydrogen (secondary N) is 1. The molecule has 0 heterocycles. The molecule has 1 amide bonds. The molecule has 1 rings (SSSR count). The summed E-state index contributed by atoms with van der Waals surface area (Å²) in [5.74, 6) is 4.90. The molecular weight excluding hydrogens is 226 g/mol. The molecule has 0 fully saturated rings. The second kappa shape index (κ2) is 7.84. The standard InChI is InChI=1S/C14H23N3O/c1-3-9-17(4-2)11-13-7-5-12(6-8-13)10-14(18)16-15/h5-8H,3-4,9-11,15H2,1-2H3,(H,16,18). The van der Waals surface area contributed by atoms with Gasteiger partial charge in [-0.2, -0.15) is 0 Å². The van der Waals surface area contributed by atoms with Crippen LogP contribution in [-0.4, -0.2) is 23.9 Å². The Morgan fingerprint density at radius 2 is 1.83 bits per heavy atom. The van der Waals surface area contributed by atoms with E-state index in [-0.39, 0.29) is 5.91 Å². The fourth-order valence-electron chi connectivity index (χ4n) is 1.92. The lowest BCUT2D eigenvalue weighted by Gasteiger charge is -2.19. The summed E-state index contributed by atoms with van der Waals surface area (Å²) in [6, 6.07) is 8.14. The van der Waals surface area contributed by atoms with Gasteiger partial charge in [-0.25, -0.2) is 5.84 Å². The van der Waals surface area contributed by atoms with E-state index in [0.717, 1.165) is 25.2 Å². The Labute approximate surface area is 109 Å². The molecular formula is C14H23N3O. The molecule has 4 heteroatoms. The summed E-state index contributed by atoms with van der Waals surface area (Å²) in [5.41, 5.74) is 4.41. The third-order valence-corrected chi connectivity index (χ3v) is 2.94. The zero-order chi connectivity index (χ0) is 13.4. The molecule has 0 saturated carbocycles. The van der Waals surface area contributed by atoms with Gasteiger partial charge >= 0.3 is 0 Å². The number of hydrogen-bond donors (Lipinski definition) is 2. The van der Waals surface area contributed by atoms with Gasteiger partial charge in [0, 0.05) is 6.54 Å². The van der Waals surface area contributed by atoms with E-state index in [1.807, 2.05) is 12.1 Å². The maximum absolute atomic E-state index is 11.1. The zero-order valence-corrected chi connectivity index (χ0v) is 11.3. The number of nitrogens with zero attached hydrogens (tertiary/aromatic N) is 1. The van der Waals surface area contributed by atoms with Crippen molar-refractivity contribution in [1.82, 2.24) is 10.3 Å². The Morgan fingerprint density at radius 3 is 2.33 bits per heavy atom. The van der Waals surface area contributed by atoms with E-state index in [9.17, 15) is 4.79 Å². The lowest BCUT2D eigenvalue weighted by Crippen LogP contribution is -2.31. The minimum Gasteiger partial charge on any atom is -0.299 e. The van der Waals surface area contributed by atoms with Crippen molar-refractivity contribution >= 4 is 5.91 Å². The molecule has 0 spiro atoms. The minimum absolute atomic E-state index is 0.163. The molecule has 3 N–H and O–H groups in total. The van der Waals surface area contributed by atoms with Crippen LogP contribution < -0.4 is 11.3 Å². The third kappa shape index (κ3) is 4.85. The van der Waals surface area contributed by atoms with E-state index in [2.05, 4.69) is 36.3 Å². The minimum atomic E-state index is -0.163. The van der Waals surface area contributed by atoms with Crippen LogP contribution in [0.5, 0.6) is 0 Å². The lowest BCUT2D eigenvalue weighted by molar-refractivity contribution is -0.120. The summed E-state index contributed by atoms with van der Waals surface area (Å²) in [6.07, 6.45) is 1.51.